The van der Waals surface area contributed by atoms with E-state index >= 15 is 0 Å². The lowest BCUT2D eigenvalue weighted by Gasteiger charge is -2.38. The summed E-state index contributed by atoms with van der Waals surface area (Å²) in [6.45, 7) is 2.12. The molecule has 2 aromatic rings. The predicted molar refractivity (Wildman–Crippen MR) is 103 cm³/mol. The van der Waals surface area contributed by atoms with Crippen molar-refractivity contribution < 1.29 is 4.79 Å². The van der Waals surface area contributed by atoms with Gasteiger partial charge in [-0.15, -0.1) is 0 Å². The van der Waals surface area contributed by atoms with Crippen molar-refractivity contribution in [1.29, 1.82) is 0 Å². The smallest absolute Gasteiger partial charge is 0.224 e. The zero-order valence-electron chi connectivity index (χ0n) is 15.3. The van der Waals surface area contributed by atoms with E-state index in [2.05, 4.69) is 54.7 Å². The minimum absolute atomic E-state index is 0.0679. The summed E-state index contributed by atoms with van der Waals surface area (Å²) in [6, 6.07) is 15.0. The van der Waals surface area contributed by atoms with E-state index in [1.807, 2.05) is 0 Å². The zero-order chi connectivity index (χ0) is 17.3. The van der Waals surface area contributed by atoms with Crippen LogP contribution in [0, 0.1) is 11.3 Å². The molecular formula is C23H29NO. The second kappa shape index (κ2) is 6.82. The minimum Gasteiger partial charge on any atom is -0.349 e. The molecule has 2 heteroatoms. The largest absolute Gasteiger partial charge is 0.349 e. The van der Waals surface area contributed by atoms with Crippen molar-refractivity contribution in [2.24, 2.45) is 11.3 Å². The van der Waals surface area contributed by atoms with Crippen molar-refractivity contribution in [2.75, 3.05) is 0 Å². The van der Waals surface area contributed by atoms with Gasteiger partial charge >= 0.3 is 0 Å². The zero-order valence-corrected chi connectivity index (χ0v) is 15.3. The molecule has 0 aliphatic heterocycles. The van der Waals surface area contributed by atoms with Crippen LogP contribution in [0.25, 0.3) is 10.8 Å². The molecule has 0 heterocycles. The van der Waals surface area contributed by atoms with Crippen LogP contribution >= 0.6 is 0 Å². The average molecular weight is 335 g/mol. The fourth-order valence-corrected chi connectivity index (χ4v) is 5.28. The van der Waals surface area contributed by atoms with Crippen molar-refractivity contribution >= 4 is 16.7 Å². The number of benzene rings is 2. The number of carbonyl (C=O) groups is 1. The summed E-state index contributed by atoms with van der Waals surface area (Å²) in [5.74, 6) is 0.524. The number of carbonyl (C=O) groups excluding carboxylic acids is 1. The average Bonchev–Trinajstić information content (AvgIpc) is 3.04. The lowest BCUT2D eigenvalue weighted by molar-refractivity contribution is -0.129. The Morgan fingerprint density at radius 2 is 1.72 bits per heavy atom. The SMILES string of the molecule is CC(NC(=O)C1CCCC12CCCCC2)c1ccc2ccccc2c1. The molecule has 25 heavy (non-hydrogen) atoms. The fraction of sp³-hybridized carbons (Fsp3) is 0.522. The van der Waals surface area contributed by atoms with Gasteiger partial charge in [-0.2, -0.15) is 0 Å². The van der Waals surface area contributed by atoms with Gasteiger partial charge in [0.15, 0.2) is 0 Å². The summed E-state index contributed by atoms with van der Waals surface area (Å²) in [4.78, 5) is 13.1. The third kappa shape index (κ3) is 3.19. The summed E-state index contributed by atoms with van der Waals surface area (Å²) in [5.41, 5.74) is 1.51. The van der Waals surface area contributed by atoms with E-state index in [1.54, 1.807) is 0 Å². The summed E-state index contributed by atoms with van der Waals surface area (Å²) >= 11 is 0. The van der Waals surface area contributed by atoms with Crippen molar-refractivity contribution in [2.45, 2.75) is 64.3 Å². The molecule has 0 aromatic heterocycles. The fourth-order valence-electron chi connectivity index (χ4n) is 5.28. The van der Waals surface area contributed by atoms with Gasteiger partial charge in [-0.25, -0.2) is 0 Å². The number of hydrogen-bond donors (Lipinski definition) is 1. The molecule has 2 atom stereocenters. The van der Waals surface area contributed by atoms with Crippen LogP contribution < -0.4 is 5.32 Å². The molecule has 1 spiro atoms. The molecule has 1 amide bonds. The van der Waals surface area contributed by atoms with Crippen LogP contribution in [0.4, 0.5) is 0 Å². The first-order valence-corrected chi connectivity index (χ1v) is 9.97. The van der Waals surface area contributed by atoms with Crippen LogP contribution in [-0.2, 0) is 4.79 Å². The Hall–Kier alpha value is -1.83. The summed E-state index contributed by atoms with van der Waals surface area (Å²) in [6.07, 6.45) is 10.1. The number of nitrogens with one attached hydrogen (secondary N) is 1. The summed E-state index contributed by atoms with van der Waals surface area (Å²) in [7, 11) is 0. The molecule has 0 bridgehead atoms. The topological polar surface area (TPSA) is 29.1 Å². The number of hydrogen-bond acceptors (Lipinski definition) is 1. The second-order valence-electron chi connectivity index (χ2n) is 8.20. The van der Waals surface area contributed by atoms with Crippen LogP contribution in [0.5, 0.6) is 0 Å². The Kier molecular flexibility index (Phi) is 4.54. The van der Waals surface area contributed by atoms with Gasteiger partial charge in [0.2, 0.25) is 5.91 Å². The first-order chi connectivity index (χ1) is 12.2. The van der Waals surface area contributed by atoms with E-state index < -0.39 is 0 Å². The van der Waals surface area contributed by atoms with Crippen molar-refractivity contribution in [3.05, 3.63) is 48.0 Å². The molecule has 2 unspecified atom stereocenters. The molecule has 2 nitrogen and oxygen atoms in total. The summed E-state index contributed by atoms with van der Waals surface area (Å²) < 4.78 is 0. The standard InChI is InChI=1S/C23H29NO/c1-17(19-12-11-18-8-3-4-9-20(18)16-19)24-22(25)21-10-7-15-23(21)13-5-2-6-14-23/h3-4,8-9,11-12,16-17,21H,2,5-7,10,13-15H2,1H3,(H,24,25). The monoisotopic (exact) mass is 335 g/mol. The second-order valence-corrected chi connectivity index (χ2v) is 8.20. The molecule has 2 aromatic carbocycles. The van der Waals surface area contributed by atoms with Gasteiger partial charge < -0.3 is 5.32 Å². The van der Waals surface area contributed by atoms with Crippen molar-refractivity contribution in [3.8, 4) is 0 Å². The predicted octanol–water partition coefficient (Wildman–Crippen LogP) is 5.77. The van der Waals surface area contributed by atoms with E-state index in [0.29, 0.717) is 11.3 Å². The molecule has 1 N–H and O–H groups in total. The molecule has 2 aliphatic carbocycles. The van der Waals surface area contributed by atoms with Crippen LogP contribution in [0.2, 0.25) is 0 Å². The highest BCUT2D eigenvalue weighted by Crippen LogP contribution is 2.53. The van der Waals surface area contributed by atoms with E-state index in [4.69, 9.17) is 0 Å². The molecule has 132 valence electrons. The van der Waals surface area contributed by atoms with Crippen LogP contribution in [0.15, 0.2) is 42.5 Å². The van der Waals surface area contributed by atoms with Gasteiger partial charge in [-0.3, -0.25) is 4.79 Å². The molecule has 2 aliphatic rings. The molecular weight excluding hydrogens is 306 g/mol. The van der Waals surface area contributed by atoms with E-state index in [-0.39, 0.29) is 12.0 Å². The lowest BCUT2D eigenvalue weighted by atomic mass is 9.67. The number of rotatable bonds is 3. The summed E-state index contributed by atoms with van der Waals surface area (Å²) in [5, 5.41) is 5.83. The lowest BCUT2D eigenvalue weighted by Crippen LogP contribution is -2.41. The Labute approximate surface area is 151 Å². The van der Waals surface area contributed by atoms with Crippen LogP contribution in [0.3, 0.4) is 0 Å². The van der Waals surface area contributed by atoms with Gasteiger partial charge in [0.25, 0.3) is 0 Å². The van der Waals surface area contributed by atoms with Gasteiger partial charge in [-0.1, -0.05) is 62.1 Å². The van der Waals surface area contributed by atoms with Crippen molar-refractivity contribution in [3.63, 3.8) is 0 Å². The van der Waals surface area contributed by atoms with Gasteiger partial charge in [0, 0.05) is 5.92 Å². The quantitative estimate of drug-likeness (QED) is 0.758. The van der Waals surface area contributed by atoms with Crippen LogP contribution in [0.1, 0.15) is 69.9 Å². The molecule has 0 radical (unpaired) electrons. The Balaban J connectivity index is 1.49. The third-order valence-corrected chi connectivity index (χ3v) is 6.70. The molecule has 2 saturated carbocycles. The van der Waals surface area contributed by atoms with Gasteiger partial charge in [-0.05, 0) is 60.4 Å². The number of amides is 1. The highest BCUT2D eigenvalue weighted by Gasteiger charge is 2.46. The maximum atomic E-state index is 13.1. The maximum Gasteiger partial charge on any atom is 0.224 e. The van der Waals surface area contributed by atoms with Crippen LogP contribution in [-0.4, -0.2) is 5.91 Å². The van der Waals surface area contributed by atoms with Gasteiger partial charge in [0.1, 0.15) is 0 Å². The van der Waals surface area contributed by atoms with Gasteiger partial charge in [0.05, 0.1) is 6.04 Å². The number of fused-ring (bicyclic) bond motifs is 1. The molecule has 0 saturated heterocycles. The van der Waals surface area contributed by atoms with E-state index in [1.165, 1.54) is 61.3 Å². The first kappa shape index (κ1) is 16.6. The Bertz CT molecular complexity index is 760. The van der Waals surface area contributed by atoms with E-state index in [9.17, 15) is 4.79 Å². The normalized spacial score (nSPS) is 23.6. The third-order valence-electron chi connectivity index (χ3n) is 6.70. The molecule has 4 rings (SSSR count). The highest BCUT2D eigenvalue weighted by molar-refractivity contribution is 5.84. The Morgan fingerprint density at radius 3 is 2.52 bits per heavy atom. The first-order valence-electron chi connectivity index (χ1n) is 9.97. The van der Waals surface area contributed by atoms with Crippen molar-refractivity contribution in [1.82, 2.24) is 5.32 Å². The minimum atomic E-state index is 0.0679. The highest BCUT2D eigenvalue weighted by atomic mass is 16.2. The van der Waals surface area contributed by atoms with E-state index in [0.717, 1.165) is 6.42 Å². The molecule has 2 fully saturated rings. The maximum absolute atomic E-state index is 13.1. The Morgan fingerprint density at radius 1 is 1.00 bits per heavy atom.